The van der Waals surface area contributed by atoms with Crippen LogP contribution in [0.3, 0.4) is 0 Å². The van der Waals surface area contributed by atoms with E-state index in [-0.39, 0.29) is 0 Å². The van der Waals surface area contributed by atoms with Gasteiger partial charge in [0.25, 0.3) is 5.95 Å². The molecule has 56 valence electrons. The summed E-state index contributed by atoms with van der Waals surface area (Å²) in [6.07, 6.45) is 0.666. The Morgan fingerprint density at radius 3 is 2.70 bits per heavy atom. The molecule has 1 aromatic rings. The van der Waals surface area contributed by atoms with Crippen molar-refractivity contribution < 1.29 is 4.39 Å². The maximum Gasteiger partial charge on any atom is 0.255 e. The van der Waals surface area contributed by atoms with Crippen molar-refractivity contribution in [2.75, 3.05) is 0 Å². The number of nitrogens with one attached hydrogen (secondary N) is 1. The Hall–Kier alpha value is -0.930. The first kappa shape index (κ1) is 7.18. The maximum absolute atomic E-state index is 12.5. The van der Waals surface area contributed by atoms with E-state index in [1.165, 1.54) is 0 Å². The number of H-pyrrole nitrogens is 1. The van der Waals surface area contributed by atoms with Crippen LogP contribution in [0.5, 0.6) is 0 Å². The van der Waals surface area contributed by atoms with Gasteiger partial charge in [-0.3, -0.25) is 5.10 Å². The summed E-state index contributed by atoms with van der Waals surface area (Å²) in [6.45, 7) is 4.03. The summed E-state index contributed by atoms with van der Waals surface area (Å²) >= 11 is 0. The predicted molar refractivity (Wildman–Crippen MR) is 34.9 cm³/mol. The topological polar surface area (TPSA) is 41.6 Å². The number of halogens is 1. The Kier molecular flexibility index (Phi) is 1.99. The van der Waals surface area contributed by atoms with Crippen LogP contribution in [0.2, 0.25) is 0 Å². The molecular weight excluding hydrogens is 133 g/mol. The molecule has 0 aliphatic rings. The lowest BCUT2D eigenvalue weighted by molar-refractivity contribution is 0.544. The molecule has 1 N–H and O–H groups in total. The molecule has 0 aromatic carbocycles. The second-order valence-corrected chi connectivity index (χ2v) is 2.68. The molecule has 0 aliphatic carbocycles. The molecule has 1 heterocycles. The Bertz CT molecular complexity index is 207. The molecule has 0 amide bonds. The van der Waals surface area contributed by atoms with Crippen LogP contribution in [0.25, 0.3) is 0 Å². The van der Waals surface area contributed by atoms with E-state index in [4.69, 9.17) is 0 Å². The number of rotatable bonds is 2. The first-order valence-electron chi connectivity index (χ1n) is 3.25. The zero-order valence-electron chi connectivity index (χ0n) is 6.06. The van der Waals surface area contributed by atoms with E-state index in [1.807, 2.05) is 13.8 Å². The Balaban J connectivity index is 2.65. The van der Waals surface area contributed by atoms with Crippen molar-refractivity contribution in [1.29, 1.82) is 0 Å². The zero-order chi connectivity index (χ0) is 7.56. The van der Waals surface area contributed by atoms with Gasteiger partial charge in [-0.2, -0.15) is 4.39 Å². The molecule has 0 saturated heterocycles. The van der Waals surface area contributed by atoms with Crippen molar-refractivity contribution in [2.45, 2.75) is 20.3 Å². The van der Waals surface area contributed by atoms with E-state index in [1.54, 1.807) is 0 Å². The molecule has 1 aromatic heterocycles. The van der Waals surface area contributed by atoms with E-state index in [2.05, 4.69) is 15.4 Å². The summed E-state index contributed by atoms with van der Waals surface area (Å²) in [5.74, 6) is -0.0505. The van der Waals surface area contributed by atoms with E-state index in [0.717, 1.165) is 0 Å². The van der Waals surface area contributed by atoms with Gasteiger partial charge in [0, 0.05) is 0 Å². The van der Waals surface area contributed by atoms with E-state index in [9.17, 15) is 4.39 Å². The highest BCUT2D eigenvalue weighted by Gasteiger charge is 2.06. The molecule has 0 bridgehead atoms. The number of hydrogen-bond acceptors (Lipinski definition) is 2. The predicted octanol–water partition coefficient (Wildman–Crippen LogP) is 1.14. The molecule has 3 nitrogen and oxygen atoms in total. The fourth-order valence-electron chi connectivity index (χ4n) is 0.774. The second kappa shape index (κ2) is 2.77. The Labute approximate surface area is 58.6 Å². The zero-order valence-corrected chi connectivity index (χ0v) is 6.06. The molecule has 4 heteroatoms. The minimum atomic E-state index is -0.478. The lowest BCUT2D eigenvalue weighted by Gasteiger charge is -1.98. The van der Waals surface area contributed by atoms with Crippen LogP contribution in [0.1, 0.15) is 19.5 Å². The highest BCUT2D eigenvalue weighted by Crippen LogP contribution is 2.05. The van der Waals surface area contributed by atoms with Crippen molar-refractivity contribution in [1.82, 2.24) is 15.4 Å². The normalized spacial score (nSPS) is 10.8. The quantitative estimate of drug-likeness (QED) is 0.674. The van der Waals surface area contributed by atoms with Gasteiger partial charge in [-0.25, -0.2) is 0 Å². The van der Waals surface area contributed by atoms with Crippen molar-refractivity contribution in [3.05, 3.63) is 11.6 Å². The van der Waals surface area contributed by atoms with Crippen LogP contribution in [-0.4, -0.2) is 15.4 Å². The highest BCUT2D eigenvalue weighted by molar-refractivity contribution is 4.94. The number of hydrogen-bond donors (Lipinski definition) is 1. The van der Waals surface area contributed by atoms with Gasteiger partial charge in [0.05, 0.1) is 5.69 Å². The summed E-state index contributed by atoms with van der Waals surface area (Å²) in [5.41, 5.74) is 0.495. The SMILES string of the molecule is CC(C)Cc1[nH]nnc1F. The largest absolute Gasteiger partial charge is 0.259 e. The lowest BCUT2D eigenvalue weighted by Crippen LogP contribution is -1.96. The standard InChI is InChI=1S/C6H10FN3/c1-4(2)3-5-6(7)9-10-8-5/h4H,3H2,1-2H3,(H,8,9,10). The summed E-state index contributed by atoms with van der Waals surface area (Å²) in [4.78, 5) is 0. The van der Waals surface area contributed by atoms with Gasteiger partial charge in [0.15, 0.2) is 0 Å². The first-order chi connectivity index (χ1) is 4.70. The monoisotopic (exact) mass is 143 g/mol. The smallest absolute Gasteiger partial charge is 0.255 e. The van der Waals surface area contributed by atoms with Crippen molar-refractivity contribution >= 4 is 0 Å². The van der Waals surface area contributed by atoms with Gasteiger partial charge in [-0.1, -0.05) is 24.2 Å². The van der Waals surface area contributed by atoms with Crippen molar-refractivity contribution in [3.63, 3.8) is 0 Å². The summed E-state index contributed by atoms with van der Waals surface area (Å²) in [6, 6.07) is 0. The average molecular weight is 143 g/mol. The van der Waals surface area contributed by atoms with Crippen LogP contribution in [-0.2, 0) is 6.42 Å². The molecule has 0 atom stereocenters. The minimum Gasteiger partial charge on any atom is -0.259 e. The molecule has 0 radical (unpaired) electrons. The average Bonchev–Trinajstić information content (AvgIpc) is 2.15. The van der Waals surface area contributed by atoms with Gasteiger partial charge in [-0.05, 0) is 12.3 Å². The fourth-order valence-corrected chi connectivity index (χ4v) is 0.774. The molecule has 1 rings (SSSR count). The van der Waals surface area contributed by atoms with E-state index < -0.39 is 5.95 Å². The number of aromatic nitrogens is 3. The van der Waals surface area contributed by atoms with Crippen LogP contribution >= 0.6 is 0 Å². The molecule has 0 unspecified atom stereocenters. The van der Waals surface area contributed by atoms with Gasteiger partial charge in [0.2, 0.25) is 0 Å². The number of aromatic amines is 1. The fraction of sp³-hybridized carbons (Fsp3) is 0.667. The van der Waals surface area contributed by atoms with E-state index >= 15 is 0 Å². The summed E-state index contributed by atoms with van der Waals surface area (Å²) in [5, 5.41) is 9.02. The summed E-state index contributed by atoms with van der Waals surface area (Å²) in [7, 11) is 0. The third-order valence-electron chi connectivity index (χ3n) is 1.18. The van der Waals surface area contributed by atoms with Crippen LogP contribution in [0.15, 0.2) is 0 Å². The summed E-state index contributed by atoms with van der Waals surface area (Å²) < 4.78 is 12.5. The van der Waals surface area contributed by atoms with Crippen molar-refractivity contribution in [3.8, 4) is 0 Å². The molecule has 0 aliphatic heterocycles. The van der Waals surface area contributed by atoms with Gasteiger partial charge < -0.3 is 0 Å². The molecular formula is C6H10FN3. The van der Waals surface area contributed by atoms with Gasteiger partial charge in [-0.15, -0.1) is 0 Å². The molecule has 0 fully saturated rings. The number of nitrogens with zero attached hydrogens (tertiary/aromatic N) is 2. The highest BCUT2D eigenvalue weighted by atomic mass is 19.1. The lowest BCUT2D eigenvalue weighted by atomic mass is 10.1. The Morgan fingerprint density at radius 2 is 2.30 bits per heavy atom. The molecule has 0 saturated carbocycles. The van der Waals surface area contributed by atoms with Crippen molar-refractivity contribution in [2.24, 2.45) is 5.92 Å². The minimum absolute atomic E-state index is 0.428. The molecule has 0 spiro atoms. The van der Waals surface area contributed by atoms with Gasteiger partial charge in [0.1, 0.15) is 0 Å². The van der Waals surface area contributed by atoms with Crippen LogP contribution in [0.4, 0.5) is 4.39 Å². The maximum atomic E-state index is 12.5. The molecule has 10 heavy (non-hydrogen) atoms. The third kappa shape index (κ3) is 1.52. The van der Waals surface area contributed by atoms with Crippen LogP contribution in [0, 0.1) is 11.9 Å². The first-order valence-corrected chi connectivity index (χ1v) is 3.25. The Morgan fingerprint density at radius 1 is 1.60 bits per heavy atom. The second-order valence-electron chi connectivity index (χ2n) is 2.68. The van der Waals surface area contributed by atoms with Gasteiger partial charge >= 0.3 is 0 Å². The van der Waals surface area contributed by atoms with E-state index in [0.29, 0.717) is 18.0 Å². The third-order valence-corrected chi connectivity index (χ3v) is 1.18. The van der Waals surface area contributed by atoms with Crippen LogP contribution < -0.4 is 0 Å².